The Balaban J connectivity index is 2.08. The van der Waals surface area contributed by atoms with E-state index in [2.05, 4.69) is 9.83 Å². The number of halogens is 2. The summed E-state index contributed by atoms with van der Waals surface area (Å²) in [4.78, 5) is 6.05. The molecule has 2 aromatic carbocycles. The van der Waals surface area contributed by atoms with Gasteiger partial charge in [-0.2, -0.15) is 0 Å². The SMILES string of the molecule is [C-]#[N+]c1cc(Oc2c(F)cc3[nH]ccc3c2CCP(C)(C)=O)ccc1F. The molecular formula is C19H17F2N2O2P. The van der Waals surface area contributed by atoms with Crippen molar-refractivity contribution in [1.29, 1.82) is 0 Å². The maximum Gasteiger partial charge on any atom is 0.225 e. The summed E-state index contributed by atoms with van der Waals surface area (Å²) in [6.07, 6.45) is 2.48. The van der Waals surface area contributed by atoms with Gasteiger partial charge in [-0.1, -0.05) is 0 Å². The second-order valence-electron chi connectivity index (χ2n) is 6.48. The van der Waals surface area contributed by atoms with Crippen molar-refractivity contribution in [3.05, 3.63) is 65.1 Å². The summed E-state index contributed by atoms with van der Waals surface area (Å²) in [5.41, 5.74) is 1.02. The maximum absolute atomic E-state index is 14.7. The lowest BCUT2D eigenvalue weighted by atomic mass is 10.1. The Morgan fingerprint density at radius 2 is 1.96 bits per heavy atom. The summed E-state index contributed by atoms with van der Waals surface area (Å²) < 4.78 is 46.0. The van der Waals surface area contributed by atoms with E-state index in [1.54, 1.807) is 19.5 Å². The Morgan fingerprint density at radius 3 is 2.65 bits per heavy atom. The van der Waals surface area contributed by atoms with Gasteiger partial charge in [0, 0.05) is 34.9 Å². The summed E-state index contributed by atoms with van der Waals surface area (Å²) >= 11 is 0. The van der Waals surface area contributed by atoms with Gasteiger partial charge in [-0.05, 0) is 44.0 Å². The molecule has 0 atom stereocenters. The Labute approximate surface area is 150 Å². The Morgan fingerprint density at radius 1 is 1.19 bits per heavy atom. The van der Waals surface area contributed by atoms with Crippen molar-refractivity contribution in [1.82, 2.24) is 4.98 Å². The van der Waals surface area contributed by atoms with Gasteiger partial charge in [0.15, 0.2) is 11.6 Å². The highest BCUT2D eigenvalue weighted by molar-refractivity contribution is 7.62. The molecule has 0 radical (unpaired) electrons. The number of fused-ring (bicyclic) bond motifs is 1. The molecule has 0 unspecified atom stereocenters. The second kappa shape index (κ2) is 6.93. The Bertz CT molecular complexity index is 1060. The highest BCUT2D eigenvalue weighted by Crippen LogP contribution is 2.41. The normalized spacial score (nSPS) is 11.5. The van der Waals surface area contributed by atoms with Crippen molar-refractivity contribution in [2.75, 3.05) is 19.5 Å². The fourth-order valence-corrected chi connectivity index (χ4v) is 3.48. The van der Waals surface area contributed by atoms with Crippen molar-refractivity contribution in [2.45, 2.75) is 6.42 Å². The summed E-state index contributed by atoms with van der Waals surface area (Å²) in [6.45, 7) is 10.4. The van der Waals surface area contributed by atoms with Crippen molar-refractivity contribution in [3.8, 4) is 11.5 Å². The summed E-state index contributed by atoms with van der Waals surface area (Å²) in [6, 6.07) is 6.82. The lowest BCUT2D eigenvalue weighted by Crippen LogP contribution is -2.00. The molecule has 1 heterocycles. The molecule has 0 amide bonds. The fourth-order valence-electron chi connectivity index (χ4n) is 2.72. The average molecular weight is 374 g/mol. The number of aromatic nitrogens is 1. The maximum atomic E-state index is 14.7. The molecule has 3 rings (SSSR count). The van der Waals surface area contributed by atoms with Gasteiger partial charge in [0.1, 0.15) is 11.6 Å². The molecular weight excluding hydrogens is 357 g/mol. The lowest BCUT2D eigenvalue weighted by Gasteiger charge is -2.15. The van der Waals surface area contributed by atoms with Crippen molar-refractivity contribution in [3.63, 3.8) is 0 Å². The molecule has 7 heteroatoms. The summed E-state index contributed by atoms with van der Waals surface area (Å²) in [7, 11) is -2.30. The molecule has 3 aromatic rings. The minimum atomic E-state index is -2.30. The molecule has 0 aliphatic rings. The molecule has 26 heavy (non-hydrogen) atoms. The van der Waals surface area contributed by atoms with Crippen LogP contribution in [0.15, 0.2) is 36.5 Å². The van der Waals surface area contributed by atoms with E-state index < -0.39 is 18.8 Å². The third-order valence-corrected chi connectivity index (χ3v) is 5.33. The van der Waals surface area contributed by atoms with Gasteiger partial charge in [-0.25, -0.2) is 13.6 Å². The quantitative estimate of drug-likeness (QED) is 0.443. The predicted octanol–water partition coefficient (Wildman–Crippen LogP) is 5.95. The van der Waals surface area contributed by atoms with Gasteiger partial charge < -0.3 is 14.3 Å². The summed E-state index contributed by atoms with van der Waals surface area (Å²) in [5, 5.41) is 0.780. The van der Waals surface area contributed by atoms with Gasteiger partial charge in [0.25, 0.3) is 0 Å². The molecule has 0 aliphatic heterocycles. The number of ether oxygens (including phenoxy) is 1. The van der Waals surface area contributed by atoms with E-state index >= 15 is 0 Å². The van der Waals surface area contributed by atoms with Gasteiger partial charge in [-0.15, -0.1) is 0 Å². The topological polar surface area (TPSA) is 46.5 Å². The van der Waals surface area contributed by atoms with Crippen LogP contribution in [-0.4, -0.2) is 24.5 Å². The monoisotopic (exact) mass is 374 g/mol. The Hall–Kier alpha value is -2.64. The highest BCUT2D eigenvalue weighted by atomic mass is 31.2. The lowest BCUT2D eigenvalue weighted by molar-refractivity contribution is 0.437. The van der Waals surface area contributed by atoms with Crippen LogP contribution in [0.25, 0.3) is 15.7 Å². The van der Waals surface area contributed by atoms with E-state index in [-0.39, 0.29) is 17.2 Å². The van der Waals surface area contributed by atoms with Crippen LogP contribution in [0.2, 0.25) is 0 Å². The minimum absolute atomic E-state index is 0.00749. The first-order valence-corrected chi connectivity index (χ1v) is 10.7. The number of nitrogens with one attached hydrogen (secondary N) is 1. The molecule has 0 fully saturated rings. The van der Waals surface area contributed by atoms with E-state index in [1.165, 1.54) is 18.2 Å². The van der Waals surface area contributed by atoms with E-state index in [0.29, 0.717) is 23.7 Å². The summed E-state index contributed by atoms with van der Waals surface area (Å²) in [5.74, 6) is -1.06. The number of benzene rings is 2. The van der Waals surface area contributed by atoms with Crippen molar-refractivity contribution < 1.29 is 18.1 Å². The van der Waals surface area contributed by atoms with Gasteiger partial charge in [0.2, 0.25) is 5.69 Å². The molecule has 134 valence electrons. The zero-order chi connectivity index (χ0) is 18.9. The van der Waals surface area contributed by atoms with Crippen molar-refractivity contribution >= 4 is 23.7 Å². The molecule has 1 N–H and O–H groups in total. The highest BCUT2D eigenvalue weighted by Gasteiger charge is 2.19. The van der Waals surface area contributed by atoms with E-state index in [0.717, 1.165) is 11.5 Å². The minimum Gasteiger partial charge on any atom is -0.455 e. The van der Waals surface area contributed by atoms with Crippen LogP contribution in [-0.2, 0) is 11.0 Å². The number of hydrogen-bond acceptors (Lipinski definition) is 2. The third-order valence-electron chi connectivity index (χ3n) is 4.02. The molecule has 0 aliphatic carbocycles. The number of aromatic amines is 1. The van der Waals surface area contributed by atoms with E-state index in [4.69, 9.17) is 11.3 Å². The van der Waals surface area contributed by atoms with Gasteiger partial charge >= 0.3 is 0 Å². The standard InChI is InChI=1S/C19H17F2N2O2P/c1-22-18-10-12(4-5-15(18)20)25-19-14(7-9-26(2,3)24)13-6-8-23-17(13)11-16(19)21/h4-6,8,10-11,23H,7,9H2,2-3H3. The molecule has 0 spiro atoms. The molecule has 0 bridgehead atoms. The zero-order valence-corrected chi connectivity index (χ0v) is 15.2. The zero-order valence-electron chi connectivity index (χ0n) is 14.3. The molecule has 4 nitrogen and oxygen atoms in total. The van der Waals surface area contributed by atoms with Crippen LogP contribution >= 0.6 is 7.14 Å². The first-order chi connectivity index (χ1) is 12.3. The van der Waals surface area contributed by atoms with Gasteiger partial charge in [-0.3, -0.25) is 0 Å². The van der Waals surface area contributed by atoms with Crippen LogP contribution in [0.5, 0.6) is 11.5 Å². The third kappa shape index (κ3) is 3.79. The number of hydrogen-bond donors (Lipinski definition) is 1. The first-order valence-electron chi connectivity index (χ1n) is 7.96. The van der Waals surface area contributed by atoms with E-state index in [9.17, 15) is 13.3 Å². The largest absolute Gasteiger partial charge is 0.455 e. The average Bonchev–Trinajstić information content (AvgIpc) is 3.03. The van der Waals surface area contributed by atoms with Crippen LogP contribution < -0.4 is 4.74 Å². The van der Waals surface area contributed by atoms with Crippen LogP contribution in [0.4, 0.5) is 14.5 Å². The fraction of sp³-hybridized carbons (Fsp3) is 0.211. The van der Waals surface area contributed by atoms with Crippen LogP contribution in [0, 0.1) is 18.2 Å². The Kier molecular flexibility index (Phi) is 4.84. The van der Waals surface area contributed by atoms with Crippen LogP contribution in [0.3, 0.4) is 0 Å². The first kappa shape index (κ1) is 18.2. The van der Waals surface area contributed by atoms with Crippen molar-refractivity contribution in [2.24, 2.45) is 0 Å². The predicted molar refractivity (Wildman–Crippen MR) is 99.0 cm³/mol. The van der Waals surface area contributed by atoms with E-state index in [1.807, 2.05) is 6.07 Å². The van der Waals surface area contributed by atoms with Gasteiger partial charge in [0.05, 0.1) is 13.7 Å². The molecule has 0 saturated carbocycles. The number of rotatable bonds is 5. The van der Waals surface area contributed by atoms with Crippen LogP contribution in [0.1, 0.15) is 5.56 Å². The number of nitrogens with zero attached hydrogens (tertiary/aromatic N) is 1. The number of aryl methyl sites for hydroxylation is 1. The smallest absolute Gasteiger partial charge is 0.225 e. The number of H-pyrrole nitrogens is 1. The molecule has 0 saturated heterocycles. The molecule has 1 aromatic heterocycles. The second-order valence-corrected chi connectivity index (χ2v) is 10.1.